The van der Waals surface area contributed by atoms with Crippen LogP contribution in [0.1, 0.15) is 15.9 Å². The van der Waals surface area contributed by atoms with Gasteiger partial charge < -0.3 is 14.5 Å². The molecule has 0 aromatic heterocycles. The quantitative estimate of drug-likeness (QED) is 0.468. The maximum Gasteiger partial charge on any atom is 0.296 e. The Morgan fingerprint density at radius 1 is 1.17 bits per heavy atom. The molecule has 0 unspecified atom stereocenters. The highest BCUT2D eigenvalue weighted by atomic mass is 32.1. The number of thiocarbonyl (C=S) groups is 1. The van der Waals surface area contributed by atoms with E-state index in [1.807, 2.05) is 34.9 Å². The molecule has 0 atom stereocenters. The average Bonchev–Trinajstić information content (AvgIpc) is 2.73. The van der Waals surface area contributed by atoms with Gasteiger partial charge in [0.05, 0.1) is 18.1 Å². The number of nitrogens with zero attached hydrogens (tertiary/aromatic N) is 3. The number of carbonyl (C=O) groups is 1. The van der Waals surface area contributed by atoms with Crippen molar-refractivity contribution in [3.8, 4) is 5.75 Å². The first-order chi connectivity index (χ1) is 13.9. The maximum atomic E-state index is 12.5. The molecule has 0 bridgehead atoms. The summed E-state index contributed by atoms with van der Waals surface area (Å²) in [5, 5.41) is 14.6. The smallest absolute Gasteiger partial charge is 0.296 e. The number of ether oxygens (including phenoxy) is 1. The van der Waals surface area contributed by atoms with Crippen LogP contribution in [0.3, 0.4) is 0 Å². The number of carbonyl (C=O) groups excluding carboxylic acids is 1. The first kappa shape index (κ1) is 20.5. The Morgan fingerprint density at radius 3 is 2.48 bits per heavy atom. The number of hydrogen-bond acceptors (Lipinski definition) is 6. The summed E-state index contributed by atoms with van der Waals surface area (Å²) in [6.45, 7) is 4.08. The normalized spacial score (nSPS) is 13.7. The van der Waals surface area contributed by atoms with Gasteiger partial charge in [-0.2, -0.15) is 0 Å². The SMILES string of the molecule is COc1ccc(N2CCN(C(=S)NC(=O)c3ccccc3C)CC2)c([N+](=O)[O-])c1. The lowest BCUT2D eigenvalue weighted by molar-refractivity contribution is -0.384. The van der Waals surface area contributed by atoms with E-state index in [0.717, 1.165) is 5.56 Å². The van der Waals surface area contributed by atoms with E-state index >= 15 is 0 Å². The molecule has 2 aromatic carbocycles. The molecule has 0 spiro atoms. The van der Waals surface area contributed by atoms with Crippen LogP contribution < -0.4 is 15.0 Å². The van der Waals surface area contributed by atoms with Crippen molar-refractivity contribution >= 4 is 34.6 Å². The lowest BCUT2D eigenvalue weighted by Crippen LogP contribution is -2.52. The molecule has 1 heterocycles. The predicted octanol–water partition coefficient (Wildman–Crippen LogP) is 2.75. The molecular formula is C20H22N4O4S. The number of nitro groups is 1. The first-order valence-corrected chi connectivity index (χ1v) is 9.55. The van der Waals surface area contributed by atoms with Crippen LogP contribution in [0.25, 0.3) is 0 Å². The second kappa shape index (κ2) is 8.87. The van der Waals surface area contributed by atoms with Gasteiger partial charge in [-0.05, 0) is 42.9 Å². The zero-order valence-corrected chi connectivity index (χ0v) is 17.1. The Hall–Kier alpha value is -3.20. The van der Waals surface area contributed by atoms with Crippen molar-refractivity contribution < 1.29 is 14.5 Å². The molecule has 1 aliphatic heterocycles. The van der Waals surface area contributed by atoms with Crippen molar-refractivity contribution in [2.75, 3.05) is 38.2 Å². The third-order valence-electron chi connectivity index (χ3n) is 4.90. The van der Waals surface area contributed by atoms with Crippen molar-refractivity contribution in [3.05, 3.63) is 63.7 Å². The second-order valence-corrected chi connectivity index (χ2v) is 7.05. The summed E-state index contributed by atoms with van der Waals surface area (Å²) in [7, 11) is 1.48. The molecule has 1 aliphatic rings. The van der Waals surface area contributed by atoms with E-state index in [1.165, 1.54) is 13.2 Å². The van der Waals surface area contributed by atoms with Gasteiger partial charge >= 0.3 is 0 Å². The lowest BCUT2D eigenvalue weighted by atomic mass is 10.1. The van der Waals surface area contributed by atoms with E-state index < -0.39 is 4.92 Å². The van der Waals surface area contributed by atoms with Gasteiger partial charge in [0, 0.05) is 31.7 Å². The number of anilines is 1. The summed E-state index contributed by atoms with van der Waals surface area (Å²) in [5.74, 6) is 0.209. The van der Waals surface area contributed by atoms with Crippen molar-refractivity contribution in [1.29, 1.82) is 0 Å². The largest absolute Gasteiger partial charge is 0.496 e. The molecule has 0 aliphatic carbocycles. The minimum atomic E-state index is -0.405. The fourth-order valence-corrected chi connectivity index (χ4v) is 3.54. The number of hydrogen-bond donors (Lipinski definition) is 1. The lowest BCUT2D eigenvalue weighted by Gasteiger charge is -2.37. The molecular weight excluding hydrogens is 392 g/mol. The highest BCUT2D eigenvalue weighted by Gasteiger charge is 2.26. The van der Waals surface area contributed by atoms with E-state index in [0.29, 0.717) is 48.3 Å². The topological polar surface area (TPSA) is 88.0 Å². The standard InChI is InChI=1S/C20H22N4O4S/c1-14-5-3-4-6-16(14)19(25)21-20(29)23-11-9-22(10-12-23)17-8-7-15(28-2)13-18(17)24(26)27/h3-8,13H,9-12H2,1-2H3,(H,21,25,29). The summed E-state index contributed by atoms with van der Waals surface area (Å²) < 4.78 is 5.09. The van der Waals surface area contributed by atoms with Gasteiger partial charge in [-0.15, -0.1) is 0 Å². The summed E-state index contributed by atoms with van der Waals surface area (Å²) in [5.41, 5.74) is 2.02. The average molecular weight is 414 g/mol. The Balaban J connectivity index is 1.63. The minimum absolute atomic E-state index is 0.00762. The predicted molar refractivity (Wildman–Crippen MR) is 115 cm³/mol. The third-order valence-corrected chi connectivity index (χ3v) is 5.26. The van der Waals surface area contributed by atoms with Crippen LogP contribution in [-0.2, 0) is 0 Å². The number of nitro benzene ring substituents is 1. The van der Waals surface area contributed by atoms with E-state index in [1.54, 1.807) is 18.2 Å². The highest BCUT2D eigenvalue weighted by Crippen LogP contribution is 2.32. The molecule has 0 saturated carbocycles. The third kappa shape index (κ3) is 4.62. The van der Waals surface area contributed by atoms with Gasteiger partial charge in [0.2, 0.25) is 0 Å². The highest BCUT2D eigenvalue weighted by molar-refractivity contribution is 7.80. The van der Waals surface area contributed by atoms with Gasteiger partial charge in [0.25, 0.3) is 11.6 Å². The minimum Gasteiger partial charge on any atom is -0.496 e. The van der Waals surface area contributed by atoms with Crippen LogP contribution in [0.5, 0.6) is 5.75 Å². The van der Waals surface area contributed by atoms with Crippen LogP contribution in [0.4, 0.5) is 11.4 Å². The number of rotatable bonds is 4. The van der Waals surface area contributed by atoms with Gasteiger partial charge in [0.15, 0.2) is 5.11 Å². The monoisotopic (exact) mass is 414 g/mol. The first-order valence-electron chi connectivity index (χ1n) is 9.14. The molecule has 1 saturated heterocycles. The number of benzene rings is 2. The Labute approximate surface area is 174 Å². The fraction of sp³-hybridized carbons (Fsp3) is 0.300. The summed E-state index contributed by atoms with van der Waals surface area (Å²) in [4.78, 5) is 27.3. The zero-order chi connectivity index (χ0) is 21.0. The van der Waals surface area contributed by atoms with Crippen molar-refractivity contribution in [3.63, 3.8) is 0 Å². The fourth-order valence-electron chi connectivity index (χ4n) is 3.27. The van der Waals surface area contributed by atoms with Gasteiger partial charge in [0.1, 0.15) is 11.4 Å². The number of amides is 1. The molecule has 3 rings (SSSR count). The van der Waals surface area contributed by atoms with Gasteiger partial charge in [-0.25, -0.2) is 0 Å². The molecule has 152 valence electrons. The van der Waals surface area contributed by atoms with Gasteiger partial charge in [-0.3, -0.25) is 20.2 Å². The second-order valence-electron chi connectivity index (χ2n) is 6.66. The van der Waals surface area contributed by atoms with Crippen molar-refractivity contribution in [2.45, 2.75) is 6.92 Å². The Bertz CT molecular complexity index is 942. The molecule has 9 heteroatoms. The Kier molecular flexibility index (Phi) is 6.28. The maximum absolute atomic E-state index is 12.5. The van der Waals surface area contributed by atoms with E-state index in [2.05, 4.69) is 5.32 Å². The van der Waals surface area contributed by atoms with Crippen LogP contribution in [-0.4, -0.2) is 54.1 Å². The molecule has 0 radical (unpaired) electrons. The summed E-state index contributed by atoms with van der Waals surface area (Å²) in [6, 6.07) is 12.2. The number of methoxy groups -OCH3 is 1. The number of piperazine rings is 1. The molecule has 1 fully saturated rings. The molecule has 1 amide bonds. The summed E-state index contributed by atoms with van der Waals surface area (Å²) in [6.07, 6.45) is 0. The van der Waals surface area contributed by atoms with Crippen molar-refractivity contribution in [1.82, 2.24) is 10.2 Å². The molecule has 29 heavy (non-hydrogen) atoms. The van der Waals surface area contributed by atoms with Crippen LogP contribution in [0, 0.1) is 17.0 Å². The van der Waals surface area contributed by atoms with Crippen molar-refractivity contribution in [2.24, 2.45) is 0 Å². The van der Waals surface area contributed by atoms with Gasteiger partial charge in [-0.1, -0.05) is 18.2 Å². The number of aryl methyl sites for hydroxylation is 1. The van der Waals surface area contributed by atoms with Crippen LogP contribution >= 0.6 is 12.2 Å². The summed E-state index contributed by atoms with van der Waals surface area (Å²) >= 11 is 5.40. The van der Waals surface area contributed by atoms with Crippen LogP contribution in [0.2, 0.25) is 0 Å². The van der Waals surface area contributed by atoms with Crippen LogP contribution in [0.15, 0.2) is 42.5 Å². The Morgan fingerprint density at radius 2 is 1.86 bits per heavy atom. The van der Waals surface area contributed by atoms with E-state index in [4.69, 9.17) is 17.0 Å². The molecule has 1 N–H and O–H groups in total. The van der Waals surface area contributed by atoms with E-state index in [9.17, 15) is 14.9 Å². The molecule has 2 aromatic rings. The number of nitrogens with one attached hydrogen (secondary N) is 1. The zero-order valence-electron chi connectivity index (χ0n) is 16.3. The van der Waals surface area contributed by atoms with E-state index in [-0.39, 0.29) is 11.6 Å². The molecule has 8 nitrogen and oxygen atoms in total.